The highest BCUT2D eigenvalue weighted by Crippen LogP contribution is 2.40. The summed E-state index contributed by atoms with van der Waals surface area (Å²) in [7, 11) is 0. The summed E-state index contributed by atoms with van der Waals surface area (Å²) in [6.07, 6.45) is 0.515. The maximum Gasteiger partial charge on any atom is 0.258 e. The highest BCUT2D eigenvalue weighted by atomic mass is 32.1. The molecular formula is C18H19NO3S. The van der Waals surface area contributed by atoms with Crippen LogP contribution in [0.1, 0.15) is 46.3 Å². The number of carbonyl (C=O) groups is 2. The molecule has 1 N–H and O–H groups in total. The average molecular weight is 329 g/mol. The zero-order valence-corrected chi connectivity index (χ0v) is 14.0. The summed E-state index contributed by atoms with van der Waals surface area (Å²) in [5, 5.41) is 6.78. The molecule has 0 fully saturated rings. The molecule has 1 aromatic heterocycles. The van der Waals surface area contributed by atoms with Crippen LogP contribution in [0.5, 0.6) is 5.75 Å². The molecular weight excluding hydrogens is 310 g/mol. The number of thiophene rings is 1. The Morgan fingerprint density at radius 3 is 2.96 bits per heavy atom. The number of benzene rings is 1. The van der Waals surface area contributed by atoms with E-state index in [1.54, 1.807) is 17.4 Å². The molecule has 1 heterocycles. The lowest BCUT2D eigenvalue weighted by Gasteiger charge is -2.13. The molecule has 3 rings (SSSR count). The van der Waals surface area contributed by atoms with Crippen molar-refractivity contribution in [1.29, 1.82) is 0 Å². The lowest BCUT2D eigenvalue weighted by atomic mass is 9.97. The first-order valence-corrected chi connectivity index (χ1v) is 8.58. The number of carbonyl (C=O) groups excluding carboxylic acids is 2. The number of hydrogen-bond donors (Lipinski definition) is 1. The van der Waals surface area contributed by atoms with Crippen LogP contribution in [-0.4, -0.2) is 18.3 Å². The van der Waals surface area contributed by atoms with Gasteiger partial charge in [-0.2, -0.15) is 11.3 Å². The van der Waals surface area contributed by atoms with E-state index >= 15 is 0 Å². The van der Waals surface area contributed by atoms with Crippen LogP contribution in [0.4, 0.5) is 0 Å². The highest BCUT2D eigenvalue weighted by Gasteiger charge is 2.31. The quantitative estimate of drug-likeness (QED) is 0.914. The summed E-state index contributed by atoms with van der Waals surface area (Å²) in [6.45, 7) is 4.47. The van der Waals surface area contributed by atoms with Crippen LogP contribution in [0.3, 0.4) is 0 Å². The average Bonchev–Trinajstić information content (AvgIpc) is 3.13. The number of ketones is 1. The predicted molar refractivity (Wildman–Crippen MR) is 90.2 cm³/mol. The standard InChI is InChI=1S/C18H19NO3S/c1-11-3-4-15(18-14(20)7-12(2)17(11)18)22-9-16(21)19-8-13-5-6-23-10-13/h3-6,10,12H,7-9H2,1-2H3,(H,19,21). The van der Waals surface area contributed by atoms with Gasteiger partial charge in [-0.25, -0.2) is 0 Å². The first kappa shape index (κ1) is 15.7. The van der Waals surface area contributed by atoms with Crippen molar-refractivity contribution < 1.29 is 14.3 Å². The van der Waals surface area contributed by atoms with E-state index in [0.717, 1.165) is 16.7 Å². The highest BCUT2D eigenvalue weighted by molar-refractivity contribution is 7.07. The Morgan fingerprint density at radius 2 is 2.22 bits per heavy atom. The molecule has 23 heavy (non-hydrogen) atoms. The zero-order valence-electron chi connectivity index (χ0n) is 13.2. The first-order valence-electron chi connectivity index (χ1n) is 7.63. The zero-order chi connectivity index (χ0) is 16.4. The second-order valence-corrected chi connectivity index (χ2v) is 6.67. The Kier molecular flexibility index (Phi) is 4.48. The molecule has 0 radical (unpaired) electrons. The minimum Gasteiger partial charge on any atom is -0.483 e. The summed E-state index contributed by atoms with van der Waals surface area (Å²) < 4.78 is 5.62. The molecule has 1 unspecified atom stereocenters. The summed E-state index contributed by atoms with van der Waals surface area (Å²) in [6, 6.07) is 5.71. The molecule has 0 bridgehead atoms. The molecule has 4 nitrogen and oxygen atoms in total. The van der Waals surface area contributed by atoms with Gasteiger partial charge < -0.3 is 10.1 Å². The van der Waals surface area contributed by atoms with Gasteiger partial charge in [0.25, 0.3) is 5.91 Å². The molecule has 0 saturated carbocycles. The van der Waals surface area contributed by atoms with Crippen molar-refractivity contribution in [3.63, 3.8) is 0 Å². The number of amides is 1. The van der Waals surface area contributed by atoms with Gasteiger partial charge in [-0.3, -0.25) is 9.59 Å². The van der Waals surface area contributed by atoms with E-state index in [1.165, 1.54) is 0 Å². The molecule has 120 valence electrons. The fraction of sp³-hybridized carbons (Fsp3) is 0.333. The Bertz CT molecular complexity index is 737. The van der Waals surface area contributed by atoms with Crippen molar-refractivity contribution in [2.45, 2.75) is 32.7 Å². The molecule has 0 saturated heterocycles. The summed E-state index contributed by atoms with van der Waals surface area (Å²) in [5.74, 6) is 0.646. The van der Waals surface area contributed by atoms with E-state index in [2.05, 4.69) is 5.32 Å². The lowest BCUT2D eigenvalue weighted by Crippen LogP contribution is -2.28. The van der Waals surface area contributed by atoms with Crippen molar-refractivity contribution >= 4 is 23.0 Å². The third-order valence-corrected chi connectivity index (χ3v) is 4.85. The van der Waals surface area contributed by atoms with Gasteiger partial charge in [0.15, 0.2) is 12.4 Å². The third kappa shape index (κ3) is 3.29. The minimum absolute atomic E-state index is 0.0820. The van der Waals surface area contributed by atoms with Crippen LogP contribution >= 0.6 is 11.3 Å². The third-order valence-electron chi connectivity index (χ3n) is 4.12. The van der Waals surface area contributed by atoms with Gasteiger partial charge in [0.05, 0.1) is 5.56 Å². The van der Waals surface area contributed by atoms with Gasteiger partial charge in [-0.1, -0.05) is 13.0 Å². The van der Waals surface area contributed by atoms with Gasteiger partial charge >= 0.3 is 0 Å². The van der Waals surface area contributed by atoms with Gasteiger partial charge in [0.2, 0.25) is 0 Å². The molecule has 1 atom stereocenters. The van der Waals surface area contributed by atoms with E-state index in [-0.39, 0.29) is 24.2 Å². The van der Waals surface area contributed by atoms with Gasteiger partial charge in [0, 0.05) is 13.0 Å². The Labute approximate surface area is 139 Å². The van der Waals surface area contributed by atoms with Crippen molar-refractivity contribution in [1.82, 2.24) is 5.32 Å². The second-order valence-electron chi connectivity index (χ2n) is 5.89. The SMILES string of the molecule is Cc1ccc(OCC(=O)NCc2ccsc2)c2c1C(C)CC2=O. The smallest absolute Gasteiger partial charge is 0.258 e. The van der Waals surface area contributed by atoms with Crippen LogP contribution in [0.2, 0.25) is 0 Å². The van der Waals surface area contributed by atoms with Gasteiger partial charge in [0.1, 0.15) is 5.75 Å². The number of rotatable bonds is 5. The van der Waals surface area contributed by atoms with Crippen molar-refractivity contribution in [3.05, 3.63) is 51.2 Å². The Hall–Kier alpha value is -2.14. The monoisotopic (exact) mass is 329 g/mol. The molecule has 0 spiro atoms. The number of fused-ring (bicyclic) bond motifs is 1. The van der Waals surface area contributed by atoms with Crippen LogP contribution in [0, 0.1) is 6.92 Å². The normalized spacial score (nSPS) is 16.3. The summed E-state index contributed by atoms with van der Waals surface area (Å²) in [5.41, 5.74) is 3.89. The molecule has 1 amide bonds. The number of Topliss-reactive ketones (excluding diaryl/α,β-unsaturated/α-hetero) is 1. The summed E-state index contributed by atoms with van der Waals surface area (Å²) in [4.78, 5) is 24.1. The van der Waals surface area contributed by atoms with Gasteiger partial charge in [-0.15, -0.1) is 0 Å². The number of ether oxygens (including phenoxy) is 1. The minimum atomic E-state index is -0.191. The van der Waals surface area contributed by atoms with Crippen molar-refractivity contribution in [3.8, 4) is 5.75 Å². The molecule has 1 aromatic carbocycles. The van der Waals surface area contributed by atoms with Crippen LogP contribution in [-0.2, 0) is 11.3 Å². The molecule has 1 aliphatic rings. The number of nitrogens with one attached hydrogen (secondary N) is 1. The van der Waals surface area contributed by atoms with E-state index in [1.807, 2.05) is 36.7 Å². The Morgan fingerprint density at radius 1 is 1.39 bits per heavy atom. The fourth-order valence-electron chi connectivity index (χ4n) is 3.02. The maximum absolute atomic E-state index is 12.2. The van der Waals surface area contributed by atoms with E-state index in [9.17, 15) is 9.59 Å². The van der Waals surface area contributed by atoms with Crippen molar-refractivity contribution in [2.75, 3.05) is 6.61 Å². The Balaban J connectivity index is 1.65. The maximum atomic E-state index is 12.2. The molecule has 0 aliphatic heterocycles. The second kappa shape index (κ2) is 6.54. The van der Waals surface area contributed by atoms with E-state index in [4.69, 9.17) is 4.74 Å². The number of hydrogen-bond acceptors (Lipinski definition) is 4. The lowest BCUT2D eigenvalue weighted by molar-refractivity contribution is -0.123. The van der Waals surface area contributed by atoms with E-state index in [0.29, 0.717) is 24.3 Å². The summed E-state index contributed by atoms with van der Waals surface area (Å²) >= 11 is 1.60. The van der Waals surface area contributed by atoms with Crippen LogP contribution in [0.15, 0.2) is 29.0 Å². The number of aryl methyl sites for hydroxylation is 1. The fourth-order valence-corrected chi connectivity index (χ4v) is 3.69. The largest absolute Gasteiger partial charge is 0.483 e. The van der Waals surface area contributed by atoms with Crippen molar-refractivity contribution in [2.24, 2.45) is 0 Å². The van der Waals surface area contributed by atoms with Crippen LogP contribution in [0.25, 0.3) is 0 Å². The van der Waals surface area contributed by atoms with Gasteiger partial charge in [-0.05, 0) is 52.4 Å². The topological polar surface area (TPSA) is 55.4 Å². The first-order chi connectivity index (χ1) is 11.1. The van der Waals surface area contributed by atoms with Crippen LogP contribution < -0.4 is 10.1 Å². The molecule has 1 aliphatic carbocycles. The molecule has 2 aromatic rings. The molecule has 5 heteroatoms. The predicted octanol–water partition coefficient (Wildman–Crippen LogP) is 3.44. The van der Waals surface area contributed by atoms with E-state index < -0.39 is 0 Å².